The first-order valence-corrected chi connectivity index (χ1v) is 14.8. The van der Waals surface area contributed by atoms with Crippen molar-refractivity contribution in [3.8, 4) is 0 Å². The number of nitrogens with one attached hydrogen (secondary N) is 1. The summed E-state index contributed by atoms with van der Waals surface area (Å²) in [6, 6.07) is 3.16. The highest BCUT2D eigenvalue weighted by molar-refractivity contribution is 14.1. The average molecular weight is 719 g/mol. The van der Waals surface area contributed by atoms with Gasteiger partial charge in [0.25, 0.3) is 5.82 Å². The Balaban J connectivity index is 2.05. The van der Waals surface area contributed by atoms with Gasteiger partial charge in [-0.15, -0.1) is 5.10 Å². The molecule has 1 aliphatic rings. The molecular formula is C24H24F6IN5O4S. The first-order valence-electron chi connectivity index (χ1n) is 11.7. The number of aryl methyl sites for hydroxylation is 1. The summed E-state index contributed by atoms with van der Waals surface area (Å²) >= 11 is 1.85. The lowest BCUT2D eigenvalue weighted by Crippen LogP contribution is -2.54. The second-order valence-electron chi connectivity index (χ2n) is 9.64. The summed E-state index contributed by atoms with van der Waals surface area (Å²) in [5, 5.41) is 5.59. The number of allylic oxidation sites excluding steroid dienone is 2. The molecule has 224 valence electrons. The number of halogens is 7. The number of primary amides is 1. The fourth-order valence-corrected chi connectivity index (χ4v) is 6.67. The Morgan fingerprint density at radius 2 is 1.83 bits per heavy atom. The quantitative estimate of drug-likeness (QED) is 0.317. The van der Waals surface area contributed by atoms with Gasteiger partial charge in [-0.25, -0.2) is 13.1 Å². The molecule has 3 N–H and O–H groups in total. The van der Waals surface area contributed by atoms with Crippen LogP contribution in [0.2, 0.25) is 0 Å². The number of sulfone groups is 1. The van der Waals surface area contributed by atoms with Crippen molar-refractivity contribution >= 4 is 44.2 Å². The Labute approximate surface area is 244 Å². The minimum atomic E-state index is -5.22. The van der Waals surface area contributed by atoms with E-state index in [0.29, 0.717) is 9.14 Å². The molecule has 0 saturated heterocycles. The van der Waals surface area contributed by atoms with Crippen molar-refractivity contribution in [3.05, 3.63) is 68.3 Å². The zero-order chi connectivity index (χ0) is 31.1. The highest BCUT2D eigenvalue weighted by Crippen LogP contribution is 2.45. The van der Waals surface area contributed by atoms with Crippen LogP contribution in [0.15, 0.2) is 40.0 Å². The molecule has 1 aromatic heterocycles. The molecule has 3 rings (SSSR count). The molecule has 1 aromatic carbocycles. The Morgan fingerprint density at radius 3 is 2.34 bits per heavy atom. The zero-order valence-electron chi connectivity index (χ0n) is 21.6. The summed E-state index contributed by atoms with van der Waals surface area (Å²) < 4.78 is 103. The van der Waals surface area contributed by atoms with Crippen molar-refractivity contribution in [3.63, 3.8) is 0 Å². The molecule has 0 fully saturated rings. The summed E-state index contributed by atoms with van der Waals surface area (Å²) in [5.74, 6) is -7.00. The van der Waals surface area contributed by atoms with Crippen molar-refractivity contribution in [2.45, 2.75) is 44.2 Å². The molecule has 2 amide bonds. The Hall–Kier alpha value is -2.96. The van der Waals surface area contributed by atoms with Crippen LogP contribution in [0.1, 0.15) is 35.3 Å². The molecule has 0 radical (unpaired) electrons. The number of benzene rings is 1. The van der Waals surface area contributed by atoms with Crippen LogP contribution < -0.4 is 11.1 Å². The number of carbonyl (C=O) groups is 2. The number of hydrogen-bond donors (Lipinski definition) is 2. The Bertz CT molecular complexity index is 1530. The number of aromatic nitrogens is 3. The molecular weight excluding hydrogens is 695 g/mol. The van der Waals surface area contributed by atoms with Crippen LogP contribution >= 0.6 is 22.6 Å². The number of amides is 2. The molecule has 0 saturated carbocycles. The third-order valence-electron chi connectivity index (χ3n) is 6.20. The number of nitrogens with two attached hydrogens (primary N) is 1. The van der Waals surface area contributed by atoms with E-state index in [1.807, 2.05) is 22.6 Å². The predicted molar refractivity (Wildman–Crippen MR) is 143 cm³/mol. The fourth-order valence-electron chi connectivity index (χ4n) is 4.70. The summed E-state index contributed by atoms with van der Waals surface area (Å²) in [6.07, 6.45) is -4.94. The molecule has 1 aliphatic carbocycles. The van der Waals surface area contributed by atoms with E-state index in [4.69, 9.17) is 5.73 Å². The third-order valence-corrected chi connectivity index (χ3v) is 8.29. The van der Waals surface area contributed by atoms with Crippen LogP contribution in [0.25, 0.3) is 0 Å². The summed E-state index contributed by atoms with van der Waals surface area (Å²) in [6.45, 7) is 2.24. The van der Waals surface area contributed by atoms with E-state index in [1.165, 1.54) is 44.2 Å². The minimum absolute atomic E-state index is 0.0900. The van der Waals surface area contributed by atoms with Crippen LogP contribution in [-0.2, 0) is 43.7 Å². The molecule has 1 heterocycles. The lowest BCUT2D eigenvalue weighted by molar-refractivity contribution is -0.150. The lowest BCUT2D eigenvalue weighted by Gasteiger charge is -2.38. The van der Waals surface area contributed by atoms with E-state index in [9.17, 15) is 44.3 Å². The minimum Gasteiger partial charge on any atom is -0.369 e. The van der Waals surface area contributed by atoms with Gasteiger partial charge < -0.3 is 11.1 Å². The normalized spacial score (nSPS) is 20.4. The Kier molecular flexibility index (Phi) is 9.03. The van der Waals surface area contributed by atoms with Crippen LogP contribution in [-0.4, -0.2) is 53.0 Å². The number of rotatable bonds is 8. The van der Waals surface area contributed by atoms with Gasteiger partial charge in [0.15, 0.2) is 0 Å². The van der Waals surface area contributed by atoms with Crippen molar-refractivity contribution in [1.29, 1.82) is 0 Å². The SMILES string of the molecule is Cc1cc(Cn2nc(C(F)(F)F)nc2C(F)(F)F)ccc1C1(C(N)=O)C=CC=C(I)C1C(=O)N[C@@H](C)CS(C)(=O)=O. The molecule has 0 aliphatic heterocycles. The molecule has 17 heteroatoms. The van der Waals surface area contributed by atoms with Gasteiger partial charge in [0.2, 0.25) is 17.6 Å². The number of alkyl halides is 6. The molecule has 2 unspecified atom stereocenters. The zero-order valence-corrected chi connectivity index (χ0v) is 24.6. The van der Waals surface area contributed by atoms with Crippen molar-refractivity contribution in [2.75, 3.05) is 12.0 Å². The van der Waals surface area contributed by atoms with Crippen LogP contribution in [0.3, 0.4) is 0 Å². The van der Waals surface area contributed by atoms with E-state index in [2.05, 4.69) is 15.4 Å². The maximum absolute atomic E-state index is 13.4. The van der Waals surface area contributed by atoms with Crippen LogP contribution in [0, 0.1) is 12.8 Å². The van der Waals surface area contributed by atoms with E-state index in [0.717, 1.165) is 6.26 Å². The van der Waals surface area contributed by atoms with Crippen molar-refractivity contribution in [2.24, 2.45) is 11.7 Å². The van der Waals surface area contributed by atoms with Gasteiger partial charge >= 0.3 is 12.4 Å². The molecule has 41 heavy (non-hydrogen) atoms. The predicted octanol–water partition coefficient (Wildman–Crippen LogP) is 3.45. The van der Waals surface area contributed by atoms with Gasteiger partial charge in [-0.05, 0) is 53.1 Å². The van der Waals surface area contributed by atoms with Gasteiger partial charge in [-0.1, -0.05) is 36.4 Å². The number of carbonyl (C=O) groups excluding carboxylic acids is 2. The van der Waals surface area contributed by atoms with Gasteiger partial charge in [0.1, 0.15) is 15.3 Å². The van der Waals surface area contributed by atoms with Gasteiger partial charge in [-0.3, -0.25) is 9.59 Å². The van der Waals surface area contributed by atoms with E-state index in [1.54, 1.807) is 6.08 Å². The van der Waals surface area contributed by atoms with Crippen LogP contribution in [0.4, 0.5) is 26.3 Å². The van der Waals surface area contributed by atoms with Crippen molar-refractivity contribution < 1.29 is 44.3 Å². The monoisotopic (exact) mass is 719 g/mol. The standard InChI is InChI=1S/C24H24F6IN5O4S/c1-12-9-14(10-36-21(24(28,29)30)34-20(35-36)23(25,26)27)6-7-15(12)22(19(32)38)8-4-5-16(31)17(22)18(37)33-13(2)11-41(3,39)40/h4-9,13,17H,10-11H2,1-3H3,(H2,32,38)(H,33,37)/t13-,17?,22?/m0/s1. The topological polar surface area (TPSA) is 137 Å². The third kappa shape index (κ3) is 7.10. The summed E-state index contributed by atoms with van der Waals surface area (Å²) in [5.41, 5.74) is 4.68. The summed E-state index contributed by atoms with van der Waals surface area (Å²) in [7, 11) is -3.45. The summed E-state index contributed by atoms with van der Waals surface area (Å²) in [4.78, 5) is 29.1. The van der Waals surface area contributed by atoms with Crippen LogP contribution in [0.5, 0.6) is 0 Å². The number of hydrogen-bond acceptors (Lipinski definition) is 6. The molecule has 3 atom stereocenters. The first-order chi connectivity index (χ1) is 18.7. The molecule has 2 aromatic rings. The fraction of sp³-hybridized carbons (Fsp3) is 0.417. The Morgan fingerprint density at radius 1 is 1.20 bits per heavy atom. The van der Waals surface area contributed by atoms with E-state index >= 15 is 0 Å². The van der Waals surface area contributed by atoms with Gasteiger partial charge in [-0.2, -0.15) is 31.3 Å². The van der Waals surface area contributed by atoms with Gasteiger partial charge in [0.05, 0.1) is 18.2 Å². The van der Waals surface area contributed by atoms with Crippen molar-refractivity contribution in [1.82, 2.24) is 20.1 Å². The molecule has 0 spiro atoms. The second-order valence-corrected chi connectivity index (χ2v) is 13.1. The maximum atomic E-state index is 13.4. The molecule has 9 nitrogen and oxygen atoms in total. The lowest BCUT2D eigenvalue weighted by atomic mass is 9.65. The first kappa shape index (κ1) is 32.6. The highest BCUT2D eigenvalue weighted by Gasteiger charge is 2.51. The largest absolute Gasteiger partial charge is 0.453 e. The average Bonchev–Trinajstić information content (AvgIpc) is 3.22. The highest BCUT2D eigenvalue weighted by atomic mass is 127. The van der Waals surface area contributed by atoms with E-state index < -0.39 is 69.6 Å². The van der Waals surface area contributed by atoms with Gasteiger partial charge in [0, 0.05) is 15.9 Å². The maximum Gasteiger partial charge on any atom is 0.453 e. The number of nitrogens with zero attached hydrogens (tertiary/aromatic N) is 3. The smallest absolute Gasteiger partial charge is 0.369 e. The molecule has 0 bridgehead atoms. The van der Waals surface area contributed by atoms with E-state index in [-0.39, 0.29) is 21.6 Å². The second kappa shape index (κ2) is 11.4.